The molecule has 2 heterocycles. The van der Waals surface area contributed by atoms with Gasteiger partial charge in [-0.25, -0.2) is 4.98 Å². The molecule has 4 aromatic rings. The summed E-state index contributed by atoms with van der Waals surface area (Å²) in [5.74, 6) is -0.560. The van der Waals surface area contributed by atoms with Crippen molar-refractivity contribution < 1.29 is 28.7 Å². The van der Waals surface area contributed by atoms with Crippen LogP contribution in [-0.4, -0.2) is 71.2 Å². The SMILES string of the molecule is N[C@@H](Cc1cscn1)C(=O)NCCCCCCCNC(=O)c1cccc(NC(=O)c2ccc(CN(C(=O)c3ccc4c(c3)OCC(=O)N4)C3CC3)cc2)c1. The topological polar surface area (TPSA) is 185 Å². The Balaban J connectivity index is 0.895. The molecular weight excluding hydrogens is 707 g/mol. The summed E-state index contributed by atoms with van der Waals surface area (Å²) in [6, 6.07) is 18.5. The van der Waals surface area contributed by atoms with Crippen molar-refractivity contribution in [2.24, 2.45) is 5.73 Å². The molecule has 14 heteroatoms. The molecule has 13 nitrogen and oxygen atoms in total. The predicted octanol–water partition coefficient (Wildman–Crippen LogP) is 4.90. The Morgan fingerprint density at radius 1 is 0.889 bits per heavy atom. The molecule has 0 saturated heterocycles. The average molecular weight is 752 g/mol. The van der Waals surface area contributed by atoms with Crippen molar-refractivity contribution in [3.8, 4) is 5.75 Å². The zero-order valence-corrected chi connectivity index (χ0v) is 30.8. The van der Waals surface area contributed by atoms with E-state index >= 15 is 0 Å². The fourth-order valence-corrected chi connectivity index (χ4v) is 6.68. The monoisotopic (exact) mass is 751 g/mol. The van der Waals surface area contributed by atoms with Gasteiger partial charge in [-0.15, -0.1) is 11.3 Å². The van der Waals surface area contributed by atoms with E-state index in [2.05, 4.69) is 26.3 Å². The van der Waals surface area contributed by atoms with Crippen molar-refractivity contribution in [2.75, 3.05) is 30.3 Å². The lowest BCUT2D eigenvalue weighted by atomic mass is 10.1. The first-order chi connectivity index (χ1) is 26.2. The van der Waals surface area contributed by atoms with E-state index in [9.17, 15) is 24.0 Å². The highest BCUT2D eigenvalue weighted by atomic mass is 32.1. The minimum atomic E-state index is -0.599. The van der Waals surface area contributed by atoms with Crippen molar-refractivity contribution in [2.45, 2.75) is 70.0 Å². The van der Waals surface area contributed by atoms with Crippen molar-refractivity contribution in [1.29, 1.82) is 0 Å². The molecule has 6 rings (SSSR count). The number of thiazole rings is 1. The zero-order chi connectivity index (χ0) is 37.9. The number of nitrogens with zero attached hydrogens (tertiary/aromatic N) is 2. The molecule has 1 fully saturated rings. The van der Waals surface area contributed by atoms with Crippen LogP contribution in [-0.2, 0) is 22.6 Å². The summed E-state index contributed by atoms with van der Waals surface area (Å²) in [4.78, 5) is 69.2. The molecule has 0 unspecified atom stereocenters. The highest BCUT2D eigenvalue weighted by Crippen LogP contribution is 2.33. The zero-order valence-electron chi connectivity index (χ0n) is 30.0. The van der Waals surface area contributed by atoms with Crippen molar-refractivity contribution in [1.82, 2.24) is 20.5 Å². The molecule has 2 aliphatic rings. The molecule has 1 aromatic heterocycles. The lowest BCUT2D eigenvalue weighted by molar-refractivity contribution is -0.122. The third kappa shape index (κ3) is 10.7. The largest absolute Gasteiger partial charge is 0.482 e. The second-order valence-corrected chi connectivity index (χ2v) is 14.3. The minimum absolute atomic E-state index is 0.0853. The van der Waals surface area contributed by atoms with E-state index in [-0.39, 0.29) is 42.2 Å². The van der Waals surface area contributed by atoms with E-state index in [1.54, 1.807) is 60.1 Å². The number of unbranched alkanes of at least 4 members (excludes halogenated alkanes) is 4. The van der Waals surface area contributed by atoms with Crippen molar-refractivity contribution in [3.05, 3.63) is 106 Å². The van der Waals surface area contributed by atoms with Crippen LogP contribution in [0, 0.1) is 0 Å². The third-order valence-corrected chi connectivity index (χ3v) is 9.88. The molecule has 3 aromatic carbocycles. The molecule has 0 radical (unpaired) electrons. The van der Waals surface area contributed by atoms with Crippen LogP contribution in [0.4, 0.5) is 11.4 Å². The molecule has 5 amide bonds. The standard InChI is InChI=1S/C40H45N7O6S/c41-33(21-31-24-54-25-44-31)39(51)43-18-5-3-1-2-4-17-42-37(49)28-7-6-8-30(19-28)45-38(50)27-11-9-26(10-12-27)22-47(32-14-15-32)40(52)29-13-16-34-35(20-29)53-23-36(48)46-34/h6-13,16,19-20,24-25,32-33H,1-5,14-15,17-18,21-23,41H2,(H,42,49)(H,43,51)(H,45,50)(H,46,48)/t33-/m0/s1. The Kier molecular flexibility index (Phi) is 13.0. The Hall–Kier alpha value is -5.60. The maximum Gasteiger partial charge on any atom is 0.262 e. The first kappa shape index (κ1) is 38.1. The Morgan fingerprint density at radius 2 is 1.63 bits per heavy atom. The van der Waals surface area contributed by atoms with Gasteiger partial charge in [-0.05, 0) is 79.8 Å². The van der Waals surface area contributed by atoms with Crippen LogP contribution < -0.4 is 31.7 Å². The second kappa shape index (κ2) is 18.4. The summed E-state index contributed by atoms with van der Waals surface area (Å²) in [7, 11) is 0. The number of anilines is 2. The van der Waals surface area contributed by atoms with Crippen LogP contribution in [0.25, 0.3) is 0 Å². The van der Waals surface area contributed by atoms with Gasteiger partial charge in [0.25, 0.3) is 23.6 Å². The van der Waals surface area contributed by atoms with Crippen molar-refractivity contribution in [3.63, 3.8) is 0 Å². The molecule has 6 N–H and O–H groups in total. The Morgan fingerprint density at radius 3 is 2.37 bits per heavy atom. The van der Waals surface area contributed by atoms with Gasteiger partial charge in [0.15, 0.2) is 6.61 Å². The molecule has 1 aliphatic carbocycles. The van der Waals surface area contributed by atoms with E-state index < -0.39 is 6.04 Å². The maximum absolute atomic E-state index is 13.5. The van der Waals surface area contributed by atoms with Gasteiger partial charge in [-0.2, -0.15) is 0 Å². The van der Waals surface area contributed by atoms with Gasteiger partial charge in [0.1, 0.15) is 5.75 Å². The summed E-state index contributed by atoms with van der Waals surface area (Å²) in [5, 5.41) is 13.4. The van der Waals surface area contributed by atoms with E-state index in [1.165, 1.54) is 11.3 Å². The van der Waals surface area contributed by atoms with Gasteiger partial charge in [-0.3, -0.25) is 24.0 Å². The van der Waals surface area contributed by atoms with Crippen LogP contribution >= 0.6 is 11.3 Å². The Labute approximate surface area is 318 Å². The highest BCUT2D eigenvalue weighted by molar-refractivity contribution is 7.07. The van der Waals surface area contributed by atoms with Gasteiger partial charge >= 0.3 is 0 Å². The number of rotatable bonds is 18. The first-order valence-corrected chi connectivity index (χ1v) is 19.2. The number of nitrogens with one attached hydrogen (secondary N) is 4. The minimum Gasteiger partial charge on any atom is -0.482 e. The highest BCUT2D eigenvalue weighted by Gasteiger charge is 2.33. The molecular formula is C40H45N7O6S. The number of fused-ring (bicyclic) bond motifs is 1. The molecule has 1 saturated carbocycles. The molecule has 0 bridgehead atoms. The van der Waals surface area contributed by atoms with Crippen molar-refractivity contribution >= 4 is 52.2 Å². The summed E-state index contributed by atoms with van der Waals surface area (Å²) in [6.07, 6.45) is 6.89. The number of nitrogens with two attached hydrogens (primary N) is 1. The van der Waals surface area contributed by atoms with Gasteiger partial charge in [0, 0.05) is 59.9 Å². The van der Waals surface area contributed by atoms with Crippen LogP contribution in [0.5, 0.6) is 5.75 Å². The Bertz CT molecular complexity index is 1950. The number of carbonyl (C=O) groups is 5. The number of aromatic nitrogens is 1. The number of carbonyl (C=O) groups excluding carboxylic acids is 5. The van der Waals surface area contributed by atoms with Crippen LogP contribution in [0.3, 0.4) is 0 Å². The lowest BCUT2D eigenvalue weighted by Crippen LogP contribution is -2.42. The van der Waals surface area contributed by atoms with Gasteiger partial charge in [0.05, 0.1) is 22.9 Å². The normalized spacial score (nSPS) is 13.8. The van der Waals surface area contributed by atoms with E-state index in [0.717, 1.165) is 56.2 Å². The quantitative estimate of drug-likeness (QED) is 0.0890. The number of hydrogen-bond donors (Lipinski definition) is 5. The predicted molar refractivity (Wildman–Crippen MR) is 207 cm³/mol. The number of hydrogen-bond acceptors (Lipinski definition) is 9. The fraction of sp³-hybridized carbons (Fsp3) is 0.350. The summed E-state index contributed by atoms with van der Waals surface area (Å²) in [6.45, 7) is 1.42. The number of benzene rings is 3. The number of amides is 5. The maximum atomic E-state index is 13.5. The molecule has 0 spiro atoms. The smallest absolute Gasteiger partial charge is 0.262 e. The second-order valence-electron chi connectivity index (χ2n) is 13.5. The fourth-order valence-electron chi connectivity index (χ4n) is 6.11. The van der Waals surface area contributed by atoms with Crippen LogP contribution in [0.1, 0.15) is 87.3 Å². The molecule has 1 atom stereocenters. The van der Waals surface area contributed by atoms with E-state index in [4.69, 9.17) is 10.5 Å². The molecule has 282 valence electrons. The summed E-state index contributed by atoms with van der Waals surface area (Å²) in [5.41, 5.74) is 11.8. The molecule has 54 heavy (non-hydrogen) atoms. The summed E-state index contributed by atoms with van der Waals surface area (Å²) < 4.78 is 5.50. The third-order valence-electron chi connectivity index (χ3n) is 9.25. The van der Waals surface area contributed by atoms with Gasteiger partial charge < -0.3 is 36.6 Å². The first-order valence-electron chi connectivity index (χ1n) is 18.3. The van der Waals surface area contributed by atoms with E-state index in [0.29, 0.717) is 59.9 Å². The van der Waals surface area contributed by atoms with Crippen LogP contribution in [0.2, 0.25) is 0 Å². The van der Waals surface area contributed by atoms with Gasteiger partial charge in [0.2, 0.25) is 5.91 Å². The van der Waals surface area contributed by atoms with Crippen LogP contribution in [0.15, 0.2) is 77.6 Å². The van der Waals surface area contributed by atoms with E-state index in [1.807, 2.05) is 22.4 Å². The lowest BCUT2D eigenvalue weighted by Gasteiger charge is -2.24. The molecule has 1 aliphatic heterocycles. The van der Waals surface area contributed by atoms with Gasteiger partial charge in [-0.1, -0.05) is 37.5 Å². The average Bonchev–Trinajstić information content (AvgIpc) is 3.90. The number of ether oxygens (including phenoxy) is 1. The summed E-state index contributed by atoms with van der Waals surface area (Å²) >= 11 is 1.48.